The number of nitrogens with one attached hydrogen (secondary N) is 1. The highest BCUT2D eigenvalue weighted by molar-refractivity contribution is 6.30. The van der Waals surface area contributed by atoms with E-state index >= 15 is 0 Å². The van der Waals surface area contributed by atoms with Crippen LogP contribution in [-0.2, 0) is 6.61 Å². The highest BCUT2D eigenvalue weighted by Crippen LogP contribution is 2.27. The molecule has 2 aromatic rings. The maximum atomic E-state index is 13.5. The summed E-state index contributed by atoms with van der Waals surface area (Å²) in [4.78, 5) is 0. The molecule has 0 spiro atoms. The van der Waals surface area contributed by atoms with E-state index in [2.05, 4.69) is 5.32 Å². The van der Waals surface area contributed by atoms with Crippen LogP contribution in [0.4, 0.5) is 4.39 Å². The molecule has 0 aromatic heterocycles. The van der Waals surface area contributed by atoms with Gasteiger partial charge in [-0.3, -0.25) is 0 Å². The first-order valence-electron chi connectivity index (χ1n) is 7.00. The van der Waals surface area contributed by atoms with Gasteiger partial charge in [-0.15, -0.1) is 0 Å². The van der Waals surface area contributed by atoms with Gasteiger partial charge in [-0.2, -0.15) is 0 Å². The van der Waals surface area contributed by atoms with Crippen molar-refractivity contribution in [2.45, 2.75) is 26.5 Å². The predicted octanol–water partition coefficient (Wildman–Crippen LogP) is 4.73. The molecule has 0 bridgehead atoms. The zero-order valence-electron chi connectivity index (χ0n) is 12.2. The van der Waals surface area contributed by atoms with E-state index in [1.807, 2.05) is 38.1 Å². The number of rotatable bonds is 6. The molecule has 0 amide bonds. The van der Waals surface area contributed by atoms with Gasteiger partial charge in [0.05, 0.1) is 0 Å². The Labute approximate surface area is 129 Å². The molecule has 112 valence electrons. The molecule has 0 aliphatic heterocycles. The van der Waals surface area contributed by atoms with E-state index in [9.17, 15) is 4.39 Å². The Balaban J connectivity index is 2.15. The molecule has 0 saturated carbocycles. The molecule has 0 aliphatic carbocycles. The van der Waals surface area contributed by atoms with E-state index in [0.29, 0.717) is 17.4 Å². The van der Waals surface area contributed by atoms with Gasteiger partial charge in [0.25, 0.3) is 0 Å². The second-order valence-corrected chi connectivity index (χ2v) is 5.32. The summed E-state index contributed by atoms with van der Waals surface area (Å²) in [5.74, 6) is 0.426. The molecule has 1 unspecified atom stereocenters. The molecular weight excluding hydrogens is 289 g/mol. The predicted molar refractivity (Wildman–Crippen MR) is 84.3 cm³/mol. The van der Waals surface area contributed by atoms with E-state index < -0.39 is 0 Å². The van der Waals surface area contributed by atoms with E-state index in [-0.39, 0.29) is 11.9 Å². The van der Waals surface area contributed by atoms with Crippen molar-refractivity contribution in [2.24, 2.45) is 0 Å². The van der Waals surface area contributed by atoms with Crippen molar-refractivity contribution >= 4 is 11.6 Å². The number of halogens is 2. The van der Waals surface area contributed by atoms with Gasteiger partial charge < -0.3 is 10.1 Å². The Hall–Kier alpha value is -1.58. The normalized spacial score (nSPS) is 12.2. The van der Waals surface area contributed by atoms with Crippen molar-refractivity contribution < 1.29 is 9.13 Å². The molecule has 0 radical (unpaired) electrons. The lowest BCUT2D eigenvalue weighted by Gasteiger charge is -2.18. The van der Waals surface area contributed by atoms with Crippen LogP contribution in [0.2, 0.25) is 5.02 Å². The van der Waals surface area contributed by atoms with Crippen LogP contribution in [0.25, 0.3) is 0 Å². The second kappa shape index (κ2) is 7.43. The van der Waals surface area contributed by atoms with Crippen LogP contribution in [0, 0.1) is 5.82 Å². The van der Waals surface area contributed by atoms with Crippen LogP contribution < -0.4 is 10.1 Å². The molecular formula is C17H19ClFNO. The Morgan fingerprint density at radius 1 is 1.24 bits per heavy atom. The smallest absolute Gasteiger partial charge is 0.124 e. The van der Waals surface area contributed by atoms with Gasteiger partial charge in [-0.1, -0.05) is 30.7 Å². The third-order valence-electron chi connectivity index (χ3n) is 3.23. The van der Waals surface area contributed by atoms with Crippen LogP contribution in [-0.4, -0.2) is 6.54 Å². The van der Waals surface area contributed by atoms with Gasteiger partial charge in [-0.05, 0) is 49.4 Å². The van der Waals surface area contributed by atoms with Crippen LogP contribution in [0.15, 0.2) is 42.5 Å². The summed E-state index contributed by atoms with van der Waals surface area (Å²) in [7, 11) is 0. The monoisotopic (exact) mass is 307 g/mol. The van der Waals surface area contributed by atoms with Gasteiger partial charge >= 0.3 is 0 Å². The fraction of sp³-hybridized carbons (Fsp3) is 0.294. The highest BCUT2D eigenvalue weighted by Gasteiger charge is 2.12. The van der Waals surface area contributed by atoms with Crippen molar-refractivity contribution in [3.05, 3.63) is 64.4 Å². The largest absolute Gasteiger partial charge is 0.489 e. The van der Waals surface area contributed by atoms with Crippen LogP contribution >= 0.6 is 11.6 Å². The maximum Gasteiger partial charge on any atom is 0.124 e. The van der Waals surface area contributed by atoms with Crippen molar-refractivity contribution in [1.82, 2.24) is 5.32 Å². The van der Waals surface area contributed by atoms with Crippen molar-refractivity contribution in [3.8, 4) is 5.75 Å². The van der Waals surface area contributed by atoms with Gasteiger partial charge in [-0.25, -0.2) is 4.39 Å². The molecule has 2 aromatic carbocycles. The average Bonchev–Trinajstić information content (AvgIpc) is 2.46. The SMILES string of the molecule is CCNC(C)c1cc(F)ccc1OCc1cccc(Cl)c1. The van der Waals surface area contributed by atoms with Crippen LogP contribution in [0.5, 0.6) is 5.75 Å². The fourth-order valence-electron chi connectivity index (χ4n) is 2.19. The van der Waals surface area contributed by atoms with Gasteiger partial charge in [0.15, 0.2) is 0 Å². The molecule has 21 heavy (non-hydrogen) atoms. The van der Waals surface area contributed by atoms with E-state index in [0.717, 1.165) is 17.7 Å². The maximum absolute atomic E-state index is 13.5. The Bertz CT molecular complexity index is 603. The lowest BCUT2D eigenvalue weighted by Crippen LogP contribution is -2.18. The fourth-order valence-corrected chi connectivity index (χ4v) is 2.41. The quantitative estimate of drug-likeness (QED) is 0.833. The molecule has 1 N–H and O–H groups in total. The Kier molecular flexibility index (Phi) is 5.59. The molecule has 1 atom stereocenters. The summed E-state index contributed by atoms with van der Waals surface area (Å²) >= 11 is 5.96. The van der Waals surface area contributed by atoms with Gasteiger partial charge in [0, 0.05) is 16.6 Å². The lowest BCUT2D eigenvalue weighted by atomic mass is 10.1. The van der Waals surface area contributed by atoms with Gasteiger partial charge in [0.1, 0.15) is 18.2 Å². The van der Waals surface area contributed by atoms with Crippen LogP contribution in [0.3, 0.4) is 0 Å². The Morgan fingerprint density at radius 3 is 2.76 bits per heavy atom. The van der Waals surface area contributed by atoms with Crippen molar-refractivity contribution in [1.29, 1.82) is 0 Å². The standard InChI is InChI=1S/C17H19ClFNO/c1-3-20-12(2)16-10-15(19)7-8-17(16)21-11-13-5-4-6-14(18)9-13/h4-10,12,20H,3,11H2,1-2H3. The van der Waals surface area contributed by atoms with Crippen LogP contribution in [0.1, 0.15) is 31.0 Å². The van der Waals surface area contributed by atoms with E-state index in [1.54, 1.807) is 6.07 Å². The summed E-state index contributed by atoms with van der Waals surface area (Å²) in [6.45, 7) is 5.22. The zero-order chi connectivity index (χ0) is 15.2. The molecule has 2 nitrogen and oxygen atoms in total. The third-order valence-corrected chi connectivity index (χ3v) is 3.47. The van der Waals surface area contributed by atoms with Gasteiger partial charge in [0.2, 0.25) is 0 Å². The number of hydrogen-bond acceptors (Lipinski definition) is 2. The second-order valence-electron chi connectivity index (χ2n) is 4.88. The third kappa shape index (κ3) is 4.45. The molecule has 0 fully saturated rings. The first-order valence-corrected chi connectivity index (χ1v) is 7.38. The molecule has 0 heterocycles. The topological polar surface area (TPSA) is 21.3 Å². The summed E-state index contributed by atoms with van der Waals surface area (Å²) < 4.78 is 19.3. The van der Waals surface area contributed by atoms with Crippen molar-refractivity contribution in [2.75, 3.05) is 6.54 Å². The van der Waals surface area contributed by atoms with E-state index in [1.165, 1.54) is 12.1 Å². The summed E-state index contributed by atoms with van der Waals surface area (Å²) in [6, 6.07) is 12.1. The summed E-state index contributed by atoms with van der Waals surface area (Å²) in [6.07, 6.45) is 0. The van der Waals surface area contributed by atoms with Crippen molar-refractivity contribution in [3.63, 3.8) is 0 Å². The summed E-state index contributed by atoms with van der Waals surface area (Å²) in [5.41, 5.74) is 1.80. The minimum absolute atomic E-state index is 0.0278. The lowest BCUT2D eigenvalue weighted by molar-refractivity contribution is 0.299. The molecule has 2 rings (SSSR count). The Morgan fingerprint density at radius 2 is 2.05 bits per heavy atom. The van der Waals surface area contributed by atoms with E-state index in [4.69, 9.17) is 16.3 Å². The first-order chi connectivity index (χ1) is 10.1. The minimum atomic E-state index is -0.259. The zero-order valence-corrected chi connectivity index (χ0v) is 13.0. The summed E-state index contributed by atoms with van der Waals surface area (Å²) in [5, 5.41) is 3.95. The number of hydrogen-bond donors (Lipinski definition) is 1. The molecule has 0 aliphatic rings. The molecule has 0 saturated heterocycles. The molecule has 4 heteroatoms. The first kappa shape index (κ1) is 15.8. The average molecular weight is 308 g/mol. The number of ether oxygens (including phenoxy) is 1. The highest BCUT2D eigenvalue weighted by atomic mass is 35.5. The minimum Gasteiger partial charge on any atom is -0.489 e. The number of benzene rings is 2.